The Morgan fingerprint density at radius 2 is 1.73 bits per heavy atom. The normalized spacial score (nSPS) is 14.6. The summed E-state index contributed by atoms with van der Waals surface area (Å²) >= 11 is 0. The number of hydrogen-bond acceptors (Lipinski definition) is 5. The quantitative estimate of drug-likeness (QED) is 0.885. The van der Waals surface area contributed by atoms with Gasteiger partial charge in [0.15, 0.2) is 5.82 Å². The third kappa shape index (κ3) is 3.36. The van der Waals surface area contributed by atoms with Crippen LogP contribution in [-0.4, -0.2) is 24.7 Å². The van der Waals surface area contributed by atoms with E-state index in [4.69, 9.17) is 0 Å². The topological polar surface area (TPSA) is 84.0 Å². The van der Waals surface area contributed by atoms with Crippen molar-refractivity contribution in [3.63, 3.8) is 0 Å². The van der Waals surface area contributed by atoms with Gasteiger partial charge < -0.3 is 5.32 Å². The highest BCUT2D eigenvalue weighted by Crippen LogP contribution is 2.24. The average molecular weight is 318 g/mol. The number of anilines is 2. The second kappa shape index (κ2) is 5.57. The van der Waals surface area contributed by atoms with Crippen molar-refractivity contribution in [2.75, 3.05) is 10.0 Å². The van der Waals surface area contributed by atoms with E-state index in [0.717, 1.165) is 18.4 Å². The molecule has 1 aromatic heterocycles. The zero-order valence-corrected chi connectivity index (χ0v) is 13.3. The van der Waals surface area contributed by atoms with E-state index in [1.54, 1.807) is 31.2 Å². The molecule has 0 atom stereocenters. The highest BCUT2D eigenvalue weighted by Gasteiger charge is 2.22. The maximum Gasteiger partial charge on any atom is 0.263 e. The molecule has 0 unspecified atom stereocenters. The Morgan fingerprint density at radius 3 is 2.36 bits per heavy atom. The first-order chi connectivity index (χ1) is 10.4. The molecule has 0 radical (unpaired) electrons. The molecule has 7 heteroatoms. The maximum atomic E-state index is 12.5. The summed E-state index contributed by atoms with van der Waals surface area (Å²) < 4.78 is 27.4. The van der Waals surface area contributed by atoms with Crippen molar-refractivity contribution in [2.24, 2.45) is 0 Å². The highest BCUT2D eigenvalue weighted by atomic mass is 32.2. The van der Waals surface area contributed by atoms with Gasteiger partial charge in [0.2, 0.25) is 0 Å². The smallest absolute Gasteiger partial charge is 0.263 e. The minimum absolute atomic E-state index is 0.210. The molecule has 1 fully saturated rings. The van der Waals surface area contributed by atoms with Gasteiger partial charge in [-0.15, -0.1) is 10.2 Å². The summed E-state index contributed by atoms with van der Waals surface area (Å²) in [6, 6.07) is 9.14. The summed E-state index contributed by atoms with van der Waals surface area (Å²) in [5, 5.41) is 11.1. The number of aromatic nitrogens is 2. The van der Waals surface area contributed by atoms with Gasteiger partial charge in [0, 0.05) is 6.04 Å². The second-order valence-electron chi connectivity index (χ2n) is 5.60. The van der Waals surface area contributed by atoms with Crippen LogP contribution in [0, 0.1) is 13.8 Å². The van der Waals surface area contributed by atoms with Gasteiger partial charge in [0.1, 0.15) is 5.82 Å². The van der Waals surface area contributed by atoms with E-state index in [-0.39, 0.29) is 10.7 Å². The fourth-order valence-electron chi connectivity index (χ4n) is 2.09. The molecular formula is C15H18N4O2S. The molecule has 1 aliphatic carbocycles. The number of nitrogens with zero attached hydrogens (tertiary/aromatic N) is 2. The Hall–Kier alpha value is -2.15. The fourth-order valence-corrected chi connectivity index (χ4v) is 3.42. The van der Waals surface area contributed by atoms with Crippen molar-refractivity contribution in [3.8, 4) is 0 Å². The first kappa shape index (κ1) is 14.8. The monoisotopic (exact) mass is 318 g/mol. The van der Waals surface area contributed by atoms with Gasteiger partial charge in [0.05, 0.1) is 4.90 Å². The van der Waals surface area contributed by atoms with Gasteiger partial charge in [-0.1, -0.05) is 12.1 Å². The minimum Gasteiger partial charge on any atom is -0.366 e. The third-order valence-corrected chi connectivity index (χ3v) is 4.96. The standard InChI is InChI=1S/C15H18N4O2S/c1-10-3-4-11(2)13(9-10)22(20,21)19-15-8-7-14(17-18-15)16-12-5-6-12/h3-4,7-9,12H,5-6H2,1-2H3,(H,16,17)(H,18,19). The summed E-state index contributed by atoms with van der Waals surface area (Å²) in [6.07, 6.45) is 2.28. The van der Waals surface area contributed by atoms with Crippen LogP contribution in [0.25, 0.3) is 0 Å². The number of nitrogens with one attached hydrogen (secondary N) is 2. The summed E-state index contributed by atoms with van der Waals surface area (Å²) in [7, 11) is -3.66. The van der Waals surface area contributed by atoms with Crippen LogP contribution >= 0.6 is 0 Å². The van der Waals surface area contributed by atoms with Crippen LogP contribution < -0.4 is 10.0 Å². The number of aryl methyl sites for hydroxylation is 2. The SMILES string of the molecule is Cc1ccc(C)c(S(=O)(=O)Nc2ccc(NC3CC3)nn2)c1. The Labute approximate surface area is 130 Å². The fraction of sp³-hybridized carbons (Fsp3) is 0.333. The van der Waals surface area contributed by atoms with Crippen LogP contribution in [0.3, 0.4) is 0 Å². The molecule has 2 aromatic rings. The predicted molar refractivity (Wildman–Crippen MR) is 85.4 cm³/mol. The first-order valence-electron chi connectivity index (χ1n) is 7.14. The number of benzene rings is 1. The van der Waals surface area contributed by atoms with Crippen LogP contribution in [-0.2, 0) is 10.0 Å². The lowest BCUT2D eigenvalue weighted by molar-refractivity contribution is 0.600. The Balaban J connectivity index is 1.79. The number of rotatable bonds is 5. The van der Waals surface area contributed by atoms with Crippen molar-refractivity contribution < 1.29 is 8.42 Å². The third-order valence-electron chi connectivity index (χ3n) is 3.47. The van der Waals surface area contributed by atoms with Crippen molar-refractivity contribution in [2.45, 2.75) is 37.6 Å². The highest BCUT2D eigenvalue weighted by molar-refractivity contribution is 7.92. The van der Waals surface area contributed by atoms with E-state index < -0.39 is 10.0 Å². The van der Waals surface area contributed by atoms with Gasteiger partial charge in [-0.25, -0.2) is 8.42 Å². The van der Waals surface area contributed by atoms with E-state index in [1.807, 2.05) is 13.0 Å². The molecule has 1 heterocycles. The van der Waals surface area contributed by atoms with Gasteiger partial charge in [-0.05, 0) is 56.0 Å². The second-order valence-corrected chi connectivity index (χ2v) is 7.25. The zero-order chi connectivity index (χ0) is 15.7. The van der Waals surface area contributed by atoms with E-state index in [9.17, 15) is 8.42 Å². The molecule has 6 nitrogen and oxygen atoms in total. The lowest BCUT2D eigenvalue weighted by Gasteiger charge is -2.10. The van der Waals surface area contributed by atoms with Gasteiger partial charge in [-0.3, -0.25) is 4.72 Å². The Kier molecular flexibility index (Phi) is 3.74. The molecule has 1 aromatic carbocycles. The molecule has 3 rings (SSSR count). The molecule has 2 N–H and O–H groups in total. The van der Waals surface area contributed by atoms with Gasteiger partial charge in [0.25, 0.3) is 10.0 Å². The summed E-state index contributed by atoms with van der Waals surface area (Å²) in [4.78, 5) is 0.259. The van der Waals surface area contributed by atoms with E-state index in [0.29, 0.717) is 17.4 Å². The summed E-state index contributed by atoms with van der Waals surface area (Å²) in [5.74, 6) is 0.874. The Morgan fingerprint density at radius 1 is 1.05 bits per heavy atom. The zero-order valence-electron chi connectivity index (χ0n) is 12.5. The number of sulfonamides is 1. The predicted octanol–water partition coefficient (Wildman–Crippen LogP) is 2.47. The average Bonchev–Trinajstić information content (AvgIpc) is 3.27. The first-order valence-corrected chi connectivity index (χ1v) is 8.63. The summed E-state index contributed by atoms with van der Waals surface area (Å²) in [5.41, 5.74) is 1.58. The van der Waals surface area contributed by atoms with Crippen LogP contribution in [0.15, 0.2) is 35.2 Å². The van der Waals surface area contributed by atoms with Crippen LogP contribution in [0.2, 0.25) is 0 Å². The van der Waals surface area contributed by atoms with Gasteiger partial charge in [-0.2, -0.15) is 0 Å². The van der Waals surface area contributed by atoms with Crippen LogP contribution in [0.5, 0.6) is 0 Å². The van der Waals surface area contributed by atoms with E-state index in [2.05, 4.69) is 20.2 Å². The molecule has 0 spiro atoms. The molecule has 22 heavy (non-hydrogen) atoms. The molecule has 0 amide bonds. The van der Waals surface area contributed by atoms with Crippen molar-refractivity contribution in [1.82, 2.24) is 10.2 Å². The lowest BCUT2D eigenvalue weighted by atomic mass is 10.2. The van der Waals surface area contributed by atoms with Gasteiger partial charge >= 0.3 is 0 Å². The van der Waals surface area contributed by atoms with Crippen molar-refractivity contribution >= 4 is 21.7 Å². The lowest BCUT2D eigenvalue weighted by Crippen LogP contribution is -2.16. The van der Waals surface area contributed by atoms with Crippen LogP contribution in [0.1, 0.15) is 24.0 Å². The number of hydrogen-bond donors (Lipinski definition) is 2. The van der Waals surface area contributed by atoms with Crippen molar-refractivity contribution in [1.29, 1.82) is 0 Å². The van der Waals surface area contributed by atoms with E-state index >= 15 is 0 Å². The molecular weight excluding hydrogens is 300 g/mol. The van der Waals surface area contributed by atoms with Crippen molar-refractivity contribution in [3.05, 3.63) is 41.5 Å². The van der Waals surface area contributed by atoms with Crippen LogP contribution in [0.4, 0.5) is 11.6 Å². The molecule has 0 aliphatic heterocycles. The molecule has 0 bridgehead atoms. The molecule has 116 valence electrons. The largest absolute Gasteiger partial charge is 0.366 e. The maximum absolute atomic E-state index is 12.5. The molecule has 1 saturated carbocycles. The summed E-state index contributed by atoms with van der Waals surface area (Å²) in [6.45, 7) is 3.62. The molecule has 1 aliphatic rings. The van der Waals surface area contributed by atoms with E-state index in [1.165, 1.54) is 0 Å². The Bertz CT molecular complexity index is 784. The molecule has 0 saturated heterocycles. The minimum atomic E-state index is -3.66.